The molecule has 0 unspecified atom stereocenters. The zero-order valence-electron chi connectivity index (χ0n) is 7.78. The molecule has 0 fully saturated rings. The van der Waals surface area contributed by atoms with Crippen LogP contribution in [0.5, 0.6) is 5.75 Å². The zero-order valence-corrected chi connectivity index (χ0v) is 7.78. The number of fused-ring (bicyclic) bond motifs is 1. The minimum atomic E-state index is -0.830. The van der Waals surface area contributed by atoms with Crippen molar-refractivity contribution in [3.05, 3.63) is 23.8 Å². The summed E-state index contributed by atoms with van der Waals surface area (Å²) in [4.78, 5) is 10.8. The first-order valence-corrected chi connectivity index (χ1v) is 4.37. The minimum absolute atomic E-state index is 0.481. The summed E-state index contributed by atoms with van der Waals surface area (Å²) in [6.45, 7) is 0. The average molecular weight is 193 g/mol. The van der Waals surface area contributed by atoms with Gasteiger partial charge in [-0.05, 0) is 12.1 Å². The van der Waals surface area contributed by atoms with Crippen LogP contribution in [-0.4, -0.2) is 24.2 Å². The smallest absolute Gasteiger partial charge is 0.326 e. The Balaban J connectivity index is 2.34. The lowest BCUT2D eigenvalue weighted by Crippen LogP contribution is -2.26. The third-order valence-electron chi connectivity index (χ3n) is 2.39. The molecule has 1 aliphatic rings. The largest absolute Gasteiger partial charge is 0.496 e. The van der Waals surface area contributed by atoms with Crippen molar-refractivity contribution in [2.75, 3.05) is 12.4 Å². The van der Waals surface area contributed by atoms with E-state index in [4.69, 9.17) is 9.84 Å². The van der Waals surface area contributed by atoms with Crippen molar-refractivity contribution in [2.45, 2.75) is 12.5 Å². The van der Waals surface area contributed by atoms with Crippen molar-refractivity contribution in [3.63, 3.8) is 0 Å². The fourth-order valence-electron chi connectivity index (χ4n) is 1.69. The topological polar surface area (TPSA) is 58.6 Å². The third kappa shape index (κ3) is 1.28. The zero-order chi connectivity index (χ0) is 10.1. The van der Waals surface area contributed by atoms with Crippen molar-refractivity contribution in [2.24, 2.45) is 0 Å². The number of ether oxygens (including phenoxy) is 1. The molecule has 2 N–H and O–H groups in total. The van der Waals surface area contributed by atoms with Crippen LogP contribution in [0.15, 0.2) is 18.2 Å². The summed E-state index contributed by atoms with van der Waals surface area (Å²) in [5.74, 6) is -0.0815. The second kappa shape index (κ2) is 3.21. The molecule has 0 amide bonds. The van der Waals surface area contributed by atoms with Gasteiger partial charge in [-0.3, -0.25) is 0 Å². The first-order chi connectivity index (χ1) is 6.72. The molecule has 0 radical (unpaired) electrons. The Bertz CT molecular complexity index is 376. The molecule has 2 rings (SSSR count). The molecule has 74 valence electrons. The number of methoxy groups -OCH3 is 1. The fourth-order valence-corrected chi connectivity index (χ4v) is 1.69. The standard InChI is InChI=1S/C10H11NO3/c1-14-9-4-2-3-7-6(9)5-8(11-7)10(12)13/h2-4,8,11H,5H2,1H3,(H,12,13)/t8-/m1/s1. The molecule has 4 heteroatoms. The van der Waals surface area contributed by atoms with Crippen LogP contribution in [0.4, 0.5) is 5.69 Å². The van der Waals surface area contributed by atoms with Gasteiger partial charge in [0.05, 0.1) is 7.11 Å². The highest BCUT2D eigenvalue weighted by Gasteiger charge is 2.28. The number of carboxylic acids is 1. The number of nitrogens with one attached hydrogen (secondary N) is 1. The predicted molar refractivity (Wildman–Crippen MR) is 51.7 cm³/mol. The molecule has 1 aromatic carbocycles. The van der Waals surface area contributed by atoms with Crippen LogP contribution in [0, 0.1) is 0 Å². The van der Waals surface area contributed by atoms with Crippen molar-refractivity contribution >= 4 is 11.7 Å². The van der Waals surface area contributed by atoms with Crippen LogP contribution < -0.4 is 10.1 Å². The number of carbonyl (C=O) groups is 1. The van der Waals surface area contributed by atoms with Crippen LogP contribution in [0.1, 0.15) is 5.56 Å². The van der Waals surface area contributed by atoms with Crippen molar-refractivity contribution in [1.29, 1.82) is 0 Å². The molecule has 0 aliphatic carbocycles. The first-order valence-electron chi connectivity index (χ1n) is 4.37. The molecule has 4 nitrogen and oxygen atoms in total. The fraction of sp³-hybridized carbons (Fsp3) is 0.300. The summed E-state index contributed by atoms with van der Waals surface area (Å²) < 4.78 is 5.15. The van der Waals surface area contributed by atoms with Gasteiger partial charge in [0.15, 0.2) is 0 Å². The molecule has 0 spiro atoms. The number of benzene rings is 1. The van der Waals surface area contributed by atoms with Gasteiger partial charge in [0.2, 0.25) is 0 Å². The predicted octanol–water partition coefficient (Wildman–Crippen LogP) is 1.12. The summed E-state index contributed by atoms with van der Waals surface area (Å²) in [7, 11) is 1.59. The van der Waals surface area contributed by atoms with Gasteiger partial charge in [-0.25, -0.2) is 4.79 Å². The molecule has 0 saturated carbocycles. The quantitative estimate of drug-likeness (QED) is 0.738. The van der Waals surface area contributed by atoms with E-state index >= 15 is 0 Å². The highest BCUT2D eigenvalue weighted by molar-refractivity contribution is 5.82. The monoisotopic (exact) mass is 193 g/mol. The number of aliphatic carboxylic acids is 1. The number of hydrogen-bond acceptors (Lipinski definition) is 3. The molecule has 0 saturated heterocycles. The Labute approximate surface area is 81.5 Å². The van der Waals surface area contributed by atoms with E-state index < -0.39 is 12.0 Å². The molecule has 1 atom stereocenters. The van der Waals surface area contributed by atoms with E-state index in [1.54, 1.807) is 7.11 Å². The highest BCUT2D eigenvalue weighted by Crippen LogP contribution is 2.33. The van der Waals surface area contributed by atoms with Gasteiger partial charge in [0, 0.05) is 17.7 Å². The van der Waals surface area contributed by atoms with E-state index in [0.29, 0.717) is 6.42 Å². The number of carboxylic acid groups (broad SMARTS) is 1. The van der Waals surface area contributed by atoms with E-state index in [-0.39, 0.29) is 0 Å². The van der Waals surface area contributed by atoms with Crippen LogP contribution in [0.2, 0.25) is 0 Å². The summed E-state index contributed by atoms with van der Waals surface area (Å²) >= 11 is 0. The Morgan fingerprint density at radius 3 is 3.07 bits per heavy atom. The van der Waals surface area contributed by atoms with E-state index in [2.05, 4.69) is 5.32 Å². The van der Waals surface area contributed by atoms with E-state index in [1.165, 1.54) is 0 Å². The third-order valence-corrected chi connectivity index (χ3v) is 2.39. The number of rotatable bonds is 2. The van der Waals surface area contributed by atoms with Gasteiger partial charge >= 0.3 is 5.97 Å². The molecular formula is C10H11NO3. The second-order valence-corrected chi connectivity index (χ2v) is 3.23. The highest BCUT2D eigenvalue weighted by atomic mass is 16.5. The Kier molecular flexibility index (Phi) is 2.04. The second-order valence-electron chi connectivity index (χ2n) is 3.23. The van der Waals surface area contributed by atoms with E-state index in [0.717, 1.165) is 17.0 Å². The van der Waals surface area contributed by atoms with Gasteiger partial charge in [0.1, 0.15) is 11.8 Å². The Morgan fingerprint density at radius 1 is 1.64 bits per heavy atom. The number of anilines is 1. The average Bonchev–Trinajstić information content (AvgIpc) is 2.60. The maximum Gasteiger partial charge on any atom is 0.326 e. The summed E-state index contributed by atoms with van der Waals surface area (Å²) in [6, 6.07) is 5.02. The molecule has 1 heterocycles. The summed E-state index contributed by atoms with van der Waals surface area (Å²) in [5.41, 5.74) is 1.80. The SMILES string of the molecule is COc1cccc2c1C[C@H](C(=O)O)N2. The van der Waals surface area contributed by atoms with Crippen LogP contribution in [-0.2, 0) is 11.2 Å². The van der Waals surface area contributed by atoms with Crippen molar-refractivity contribution < 1.29 is 14.6 Å². The van der Waals surface area contributed by atoms with Gasteiger partial charge in [0.25, 0.3) is 0 Å². The van der Waals surface area contributed by atoms with E-state index in [1.807, 2.05) is 18.2 Å². The Hall–Kier alpha value is -1.71. The van der Waals surface area contributed by atoms with Crippen LogP contribution in [0.3, 0.4) is 0 Å². The maximum atomic E-state index is 10.8. The van der Waals surface area contributed by atoms with Gasteiger partial charge < -0.3 is 15.2 Å². The van der Waals surface area contributed by atoms with Crippen molar-refractivity contribution in [3.8, 4) is 5.75 Å². The molecule has 1 aromatic rings. The Morgan fingerprint density at radius 2 is 2.43 bits per heavy atom. The number of hydrogen-bond donors (Lipinski definition) is 2. The maximum absolute atomic E-state index is 10.8. The van der Waals surface area contributed by atoms with Crippen molar-refractivity contribution in [1.82, 2.24) is 0 Å². The normalized spacial score (nSPS) is 18.5. The molecular weight excluding hydrogens is 182 g/mol. The van der Waals surface area contributed by atoms with Crippen LogP contribution >= 0.6 is 0 Å². The summed E-state index contributed by atoms with van der Waals surface area (Å²) in [5, 5.41) is 11.8. The molecule has 0 bridgehead atoms. The molecule has 1 aliphatic heterocycles. The van der Waals surface area contributed by atoms with E-state index in [9.17, 15) is 4.79 Å². The van der Waals surface area contributed by atoms with Gasteiger partial charge in [-0.1, -0.05) is 6.07 Å². The van der Waals surface area contributed by atoms with Gasteiger partial charge in [-0.2, -0.15) is 0 Å². The first kappa shape index (κ1) is 8.87. The lowest BCUT2D eigenvalue weighted by Gasteiger charge is -2.04. The lowest BCUT2D eigenvalue weighted by molar-refractivity contribution is -0.137. The minimum Gasteiger partial charge on any atom is -0.496 e. The molecule has 14 heavy (non-hydrogen) atoms. The van der Waals surface area contributed by atoms with Crippen LogP contribution in [0.25, 0.3) is 0 Å². The van der Waals surface area contributed by atoms with Gasteiger partial charge in [-0.15, -0.1) is 0 Å². The summed E-state index contributed by atoms with van der Waals surface area (Å²) in [6.07, 6.45) is 0.481. The molecule has 0 aromatic heterocycles. The lowest BCUT2D eigenvalue weighted by atomic mass is 10.1.